The average Bonchev–Trinajstić information content (AvgIpc) is 2.39. The zero-order valence-corrected chi connectivity index (χ0v) is 11.5. The Kier molecular flexibility index (Phi) is 4.33. The SMILES string of the molecule is CCCc1ccc(C(N)c2ccc(C)cc2F)cc1. The Hall–Kier alpha value is -1.67. The first-order valence-electron chi connectivity index (χ1n) is 6.72. The molecule has 0 saturated heterocycles. The lowest BCUT2D eigenvalue weighted by Gasteiger charge is -2.14. The first-order chi connectivity index (χ1) is 9.11. The molecule has 2 aromatic rings. The number of rotatable bonds is 4. The molecule has 100 valence electrons. The fourth-order valence-electron chi connectivity index (χ4n) is 2.24. The molecule has 0 aliphatic rings. The molecule has 1 nitrogen and oxygen atoms in total. The lowest BCUT2D eigenvalue weighted by atomic mass is 9.96. The number of hydrogen-bond acceptors (Lipinski definition) is 1. The van der Waals surface area contributed by atoms with Crippen molar-refractivity contribution in [1.29, 1.82) is 0 Å². The lowest BCUT2D eigenvalue weighted by molar-refractivity contribution is 0.598. The molecular formula is C17H20FN. The first kappa shape index (κ1) is 13.8. The Morgan fingerprint density at radius 3 is 2.37 bits per heavy atom. The Bertz CT molecular complexity index is 546. The molecule has 0 bridgehead atoms. The van der Waals surface area contributed by atoms with E-state index in [0.29, 0.717) is 5.56 Å². The van der Waals surface area contributed by atoms with Gasteiger partial charge in [-0.25, -0.2) is 4.39 Å². The van der Waals surface area contributed by atoms with Gasteiger partial charge >= 0.3 is 0 Å². The van der Waals surface area contributed by atoms with Crippen molar-refractivity contribution in [2.45, 2.75) is 32.7 Å². The number of hydrogen-bond donors (Lipinski definition) is 1. The fraction of sp³-hybridized carbons (Fsp3) is 0.294. The van der Waals surface area contributed by atoms with Gasteiger partial charge in [-0.1, -0.05) is 49.7 Å². The molecule has 0 aliphatic heterocycles. The minimum absolute atomic E-state index is 0.231. The van der Waals surface area contributed by atoms with E-state index in [2.05, 4.69) is 19.1 Å². The van der Waals surface area contributed by atoms with E-state index in [1.54, 1.807) is 6.07 Å². The molecule has 0 radical (unpaired) electrons. The minimum atomic E-state index is -0.406. The molecule has 0 amide bonds. The highest BCUT2D eigenvalue weighted by molar-refractivity contribution is 5.35. The van der Waals surface area contributed by atoms with Crippen LogP contribution in [0.5, 0.6) is 0 Å². The highest BCUT2D eigenvalue weighted by Crippen LogP contribution is 2.23. The molecule has 0 aliphatic carbocycles. The van der Waals surface area contributed by atoms with Gasteiger partial charge in [-0.2, -0.15) is 0 Å². The van der Waals surface area contributed by atoms with Crippen molar-refractivity contribution in [3.05, 3.63) is 70.5 Å². The van der Waals surface area contributed by atoms with E-state index >= 15 is 0 Å². The number of benzene rings is 2. The van der Waals surface area contributed by atoms with Gasteiger partial charge in [0, 0.05) is 5.56 Å². The summed E-state index contributed by atoms with van der Waals surface area (Å²) in [5.41, 5.74) is 9.85. The third kappa shape index (κ3) is 3.21. The molecule has 2 aromatic carbocycles. The van der Waals surface area contributed by atoms with Crippen molar-refractivity contribution in [2.75, 3.05) is 0 Å². The maximum absolute atomic E-state index is 13.9. The van der Waals surface area contributed by atoms with Gasteiger partial charge in [-0.3, -0.25) is 0 Å². The maximum atomic E-state index is 13.9. The summed E-state index contributed by atoms with van der Waals surface area (Å²) in [6.07, 6.45) is 2.19. The number of aryl methyl sites for hydroxylation is 2. The van der Waals surface area contributed by atoms with Crippen LogP contribution in [-0.2, 0) is 6.42 Å². The van der Waals surface area contributed by atoms with Gasteiger partial charge < -0.3 is 5.73 Å². The Labute approximate surface area is 114 Å². The molecule has 2 heteroatoms. The van der Waals surface area contributed by atoms with Crippen molar-refractivity contribution in [1.82, 2.24) is 0 Å². The van der Waals surface area contributed by atoms with Crippen LogP contribution in [0.1, 0.15) is 41.6 Å². The average molecular weight is 257 g/mol. The van der Waals surface area contributed by atoms with E-state index in [0.717, 1.165) is 24.0 Å². The summed E-state index contributed by atoms with van der Waals surface area (Å²) < 4.78 is 13.9. The predicted octanol–water partition coefficient (Wildman–Crippen LogP) is 4.13. The van der Waals surface area contributed by atoms with Crippen molar-refractivity contribution in [3.8, 4) is 0 Å². The van der Waals surface area contributed by atoms with Crippen LogP contribution in [0.25, 0.3) is 0 Å². The molecule has 0 spiro atoms. The second-order valence-electron chi connectivity index (χ2n) is 4.99. The van der Waals surface area contributed by atoms with Crippen LogP contribution in [-0.4, -0.2) is 0 Å². The summed E-state index contributed by atoms with van der Waals surface area (Å²) in [4.78, 5) is 0. The lowest BCUT2D eigenvalue weighted by Crippen LogP contribution is -2.13. The summed E-state index contributed by atoms with van der Waals surface area (Å²) in [5, 5.41) is 0. The van der Waals surface area contributed by atoms with Crippen molar-refractivity contribution < 1.29 is 4.39 Å². The second-order valence-corrected chi connectivity index (χ2v) is 4.99. The summed E-state index contributed by atoms with van der Waals surface area (Å²) in [6.45, 7) is 4.03. The van der Waals surface area contributed by atoms with E-state index < -0.39 is 6.04 Å². The van der Waals surface area contributed by atoms with Gasteiger partial charge in [0.1, 0.15) is 5.82 Å². The number of halogens is 1. The first-order valence-corrected chi connectivity index (χ1v) is 6.72. The zero-order chi connectivity index (χ0) is 13.8. The van der Waals surface area contributed by atoms with Gasteiger partial charge in [-0.05, 0) is 36.1 Å². The van der Waals surface area contributed by atoms with Crippen LogP contribution < -0.4 is 5.73 Å². The smallest absolute Gasteiger partial charge is 0.128 e. The third-order valence-electron chi connectivity index (χ3n) is 3.37. The van der Waals surface area contributed by atoms with Crippen LogP contribution in [0.2, 0.25) is 0 Å². The summed E-state index contributed by atoms with van der Waals surface area (Å²) in [5.74, 6) is -0.231. The monoisotopic (exact) mass is 257 g/mol. The summed E-state index contributed by atoms with van der Waals surface area (Å²) in [6, 6.07) is 12.9. The van der Waals surface area contributed by atoms with Gasteiger partial charge in [0.2, 0.25) is 0 Å². The largest absolute Gasteiger partial charge is 0.320 e. The summed E-state index contributed by atoms with van der Waals surface area (Å²) in [7, 11) is 0. The van der Waals surface area contributed by atoms with Crippen LogP contribution in [0, 0.1) is 12.7 Å². The predicted molar refractivity (Wildman–Crippen MR) is 77.6 cm³/mol. The summed E-state index contributed by atoms with van der Waals surface area (Å²) >= 11 is 0. The van der Waals surface area contributed by atoms with Gasteiger partial charge in [0.05, 0.1) is 6.04 Å². The number of nitrogens with two attached hydrogens (primary N) is 1. The second kappa shape index (κ2) is 5.98. The molecule has 2 rings (SSSR count). The molecule has 0 saturated carbocycles. The minimum Gasteiger partial charge on any atom is -0.320 e. The third-order valence-corrected chi connectivity index (χ3v) is 3.37. The van der Waals surface area contributed by atoms with E-state index in [-0.39, 0.29) is 5.82 Å². The fourth-order valence-corrected chi connectivity index (χ4v) is 2.24. The van der Waals surface area contributed by atoms with Crippen LogP contribution in [0.3, 0.4) is 0 Å². The normalized spacial score (nSPS) is 12.4. The Morgan fingerprint density at radius 2 is 1.79 bits per heavy atom. The molecule has 2 N–H and O–H groups in total. The highest BCUT2D eigenvalue weighted by Gasteiger charge is 2.13. The van der Waals surface area contributed by atoms with Crippen molar-refractivity contribution in [3.63, 3.8) is 0 Å². The van der Waals surface area contributed by atoms with E-state index in [9.17, 15) is 4.39 Å². The van der Waals surface area contributed by atoms with Crippen molar-refractivity contribution in [2.24, 2.45) is 5.73 Å². The molecule has 0 aromatic heterocycles. The van der Waals surface area contributed by atoms with E-state index in [4.69, 9.17) is 5.73 Å². The molecule has 1 unspecified atom stereocenters. The van der Waals surface area contributed by atoms with Crippen molar-refractivity contribution >= 4 is 0 Å². The standard InChI is InChI=1S/C17H20FN/c1-3-4-13-6-8-14(9-7-13)17(19)15-10-5-12(2)11-16(15)18/h5-11,17H,3-4,19H2,1-2H3. The van der Waals surface area contributed by atoms with E-state index in [1.165, 1.54) is 11.6 Å². The molecule has 1 atom stereocenters. The Balaban J connectivity index is 2.25. The van der Waals surface area contributed by atoms with Crippen LogP contribution >= 0.6 is 0 Å². The van der Waals surface area contributed by atoms with Crippen LogP contribution in [0.4, 0.5) is 4.39 Å². The molecule has 19 heavy (non-hydrogen) atoms. The van der Waals surface area contributed by atoms with E-state index in [1.807, 2.05) is 25.1 Å². The molecule has 0 fully saturated rings. The zero-order valence-electron chi connectivity index (χ0n) is 11.5. The van der Waals surface area contributed by atoms with Crippen LogP contribution in [0.15, 0.2) is 42.5 Å². The highest BCUT2D eigenvalue weighted by atomic mass is 19.1. The molecular weight excluding hydrogens is 237 g/mol. The van der Waals surface area contributed by atoms with Gasteiger partial charge in [-0.15, -0.1) is 0 Å². The topological polar surface area (TPSA) is 26.0 Å². The quantitative estimate of drug-likeness (QED) is 0.875. The maximum Gasteiger partial charge on any atom is 0.128 e. The van der Waals surface area contributed by atoms with Gasteiger partial charge in [0.15, 0.2) is 0 Å². The van der Waals surface area contributed by atoms with Gasteiger partial charge in [0.25, 0.3) is 0 Å². The molecule has 0 heterocycles. The Morgan fingerprint density at radius 1 is 1.11 bits per heavy atom.